The van der Waals surface area contributed by atoms with Crippen LogP contribution < -0.4 is 38.5 Å². The van der Waals surface area contributed by atoms with Gasteiger partial charge in [0.15, 0.2) is 5.65 Å². The van der Waals surface area contributed by atoms with Crippen LogP contribution >= 0.6 is 23.2 Å². The van der Waals surface area contributed by atoms with Crippen LogP contribution in [0.15, 0.2) is 40.1 Å². The lowest BCUT2D eigenvalue weighted by atomic mass is 10.1. The van der Waals surface area contributed by atoms with E-state index < -0.39 is 42.1 Å². The number of alkyl halides is 2. The predicted octanol–water partition coefficient (Wildman–Crippen LogP) is 4.17. The number of amides is 2. The molecule has 3 unspecified atom stereocenters. The molecule has 1 aliphatic heterocycles. The van der Waals surface area contributed by atoms with E-state index in [0.29, 0.717) is 22.5 Å². The molecule has 0 bridgehead atoms. The van der Waals surface area contributed by atoms with Crippen molar-refractivity contribution in [3.05, 3.63) is 73.4 Å². The second-order valence-electron chi connectivity index (χ2n) is 15.9. The molecule has 4 heterocycles. The number of benzene rings is 1. The van der Waals surface area contributed by atoms with Gasteiger partial charge in [0, 0.05) is 50.1 Å². The minimum atomic E-state index is -0.930. The Morgan fingerprint density at radius 3 is 2.20 bits per heavy atom. The van der Waals surface area contributed by atoms with Crippen molar-refractivity contribution in [3.63, 3.8) is 0 Å². The van der Waals surface area contributed by atoms with Gasteiger partial charge in [-0.3, -0.25) is 29.1 Å². The lowest BCUT2D eigenvalue weighted by Crippen LogP contribution is -2.34. The number of carbonyl (C=O) groups excluding carboxylic acids is 2. The standard InChI is InChI=1S/C26H34N6O8.C8H17Cl.C6H10N4O.C3H7Cl/c1-26(2,13-34)39-8-7-28-22(36)15-5-3-14(4-6-15)10-29-23(37)16-11-32(19-9-17(35)18(12-33)40-19)21-20(16)24(38)31-25(27)30-21;1-8(2)6-4-3-5-7-9;1-3-4(8-2)9-6(7)10-5(3)11;1-2-3-4/h3-6,11,17-19,33-35H,7-10,12-13H2,1-2H3,(H,28,36)(H,29,37)(H3,27,30,31,38);8H,3-7H2,1-2H3;1-2H3,(H4,7,8,9,10,11);2-3H2,1H3. The van der Waals surface area contributed by atoms with E-state index >= 15 is 0 Å². The van der Waals surface area contributed by atoms with Gasteiger partial charge in [0.05, 0.1) is 48.0 Å². The van der Waals surface area contributed by atoms with E-state index in [9.17, 15) is 34.5 Å². The van der Waals surface area contributed by atoms with E-state index in [1.165, 1.54) is 36.4 Å². The summed E-state index contributed by atoms with van der Waals surface area (Å²) in [5, 5.41) is 37.1. The molecule has 2 amide bonds. The molecule has 0 radical (unpaired) electrons. The number of nitrogens with one attached hydrogen (secondary N) is 5. The molecular weight excluding hydrogens is 871 g/mol. The number of anilines is 3. The fourth-order valence-electron chi connectivity index (χ4n) is 5.92. The lowest BCUT2D eigenvalue weighted by Gasteiger charge is -2.22. The second-order valence-corrected chi connectivity index (χ2v) is 16.7. The zero-order valence-electron chi connectivity index (χ0n) is 37.9. The maximum Gasteiger partial charge on any atom is 0.262 e. The monoisotopic (exact) mass is 938 g/mol. The van der Waals surface area contributed by atoms with Gasteiger partial charge in [0.2, 0.25) is 11.9 Å². The molecule has 1 aliphatic rings. The van der Waals surface area contributed by atoms with E-state index in [-0.39, 0.29) is 72.7 Å². The third-order valence-electron chi connectivity index (χ3n) is 9.58. The van der Waals surface area contributed by atoms with Crippen LogP contribution in [0.4, 0.5) is 17.7 Å². The summed E-state index contributed by atoms with van der Waals surface area (Å²) in [6, 6.07) is 6.64. The van der Waals surface area contributed by atoms with Crippen molar-refractivity contribution in [2.45, 2.75) is 111 Å². The van der Waals surface area contributed by atoms with Crippen LogP contribution in [0.3, 0.4) is 0 Å². The molecule has 3 atom stereocenters. The Morgan fingerprint density at radius 1 is 1.00 bits per heavy atom. The number of aromatic amines is 2. The number of unbranched alkanes of at least 4 members (excludes halogenated alkanes) is 2. The maximum atomic E-state index is 13.1. The molecule has 4 aromatic rings. The Bertz CT molecular complexity index is 2140. The zero-order chi connectivity index (χ0) is 48.0. The Balaban J connectivity index is 0.000000476. The summed E-state index contributed by atoms with van der Waals surface area (Å²) >= 11 is 10.7. The molecule has 3 aromatic heterocycles. The first-order chi connectivity index (χ1) is 30.4. The number of H-pyrrole nitrogens is 2. The largest absolute Gasteiger partial charge is 0.394 e. The number of hydrogen-bond acceptors (Lipinski definition) is 14. The first-order valence-corrected chi connectivity index (χ1v) is 22.3. The number of rotatable bonds is 18. The van der Waals surface area contributed by atoms with Gasteiger partial charge >= 0.3 is 0 Å². The predicted molar refractivity (Wildman–Crippen MR) is 252 cm³/mol. The van der Waals surface area contributed by atoms with Crippen LogP contribution in [0.1, 0.15) is 111 Å². The summed E-state index contributed by atoms with van der Waals surface area (Å²) in [4.78, 5) is 62.0. The Morgan fingerprint density at radius 2 is 1.64 bits per heavy atom. The van der Waals surface area contributed by atoms with E-state index in [0.717, 1.165) is 24.1 Å². The van der Waals surface area contributed by atoms with Crippen molar-refractivity contribution in [2.24, 2.45) is 5.92 Å². The third-order valence-corrected chi connectivity index (χ3v) is 10.2. The van der Waals surface area contributed by atoms with Gasteiger partial charge in [-0.05, 0) is 57.2 Å². The molecule has 1 saturated heterocycles. The van der Waals surface area contributed by atoms with Crippen molar-refractivity contribution in [3.8, 4) is 0 Å². The van der Waals surface area contributed by atoms with Crippen LogP contribution in [-0.4, -0.2) is 115 Å². The third kappa shape index (κ3) is 18.0. The molecular formula is C43H68Cl2N10O9. The number of halogens is 2. The van der Waals surface area contributed by atoms with E-state index in [1.807, 2.05) is 6.92 Å². The Kier molecular flexibility index (Phi) is 24.4. The van der Waals surface area contributed by atoms with E-state index in [4.69, 9.17) is 44.1 Å². The van der Waals surface area contributed by atoms with Gasteiger partial charge in [0.1, 0.15) is 18.1 Å². The minimum Gasteiger partial charge on any atom is -0.394 e. The summed E-state index contributed by atoms with van der Waals surface area (Å²) in [5.41, 5.74) is 11.4. The molecule has 0 spiro atoms. The molecule has 5 rings (SSSR count). The highest BCUT2D eigenvalue weighted by molar-refractivity contribution is 6.18. The molecule has 64 heavy (non-hydrogen) atoms. The topological polar surface area (TPSA) is 298 Å². The summed E-state index contributed by atoms with van der Waals surface area (Å²) in [5.74, 6) is 2.15. The summed E-state index contributed by atoms with van der Waals surface area (Å²) in [6.45, 7) is 11.9. The fraction of sp³-hybridized carbons (Fsp3) is 0.581. The zero-order valence-corrected chi connectivity index (χ0v) is 39.4. The first-order valence-electron chi connectivity index (χ1n) is 21.3. The summed E-state index contributed by atoms with van der Waals surface area (Å²) in [7, 11) is 1.69. The van der Waals surface area contributed by atoms with Crippen LogP contribution in [-0.2, 0) is 16.0 Å². The van der Waals surface area contributed by atoms with Crippen LogP contribution in [0.5, 0.6) is 0 Å². The molecule has 358 valence electrons. The molecule has 1 fully saturated rings. The number of ether oxygens (including phenoxy) is 2. The molecule has 12 N–H and O–H groups in total. The van der Waals surface area contributed by atoms with Crippen LogP contribution in [0.25, 0.3) is 11.0 Å². The van der Waals surface area contributed by atoms with E-state index in [2.05, 4.69) is 49.7 Å². The van der Waals surface area contributed by atoms with E-state index in [1.54, 1.807) is 52.1 Å². The van der Waals surface area contributed by atoms with Gasteiger partial charge in [-0.2, -0.15) is 9.97 Å². The number of nitrogen functional groups attached to an aromatic ring is 2. The molecule has 19 nitrogen and oxygen atoms in total. The lowest BCUT2D eigenvalue weighted by molar-refractivity contribution is -0.0513. The summed E-state index contributed by atoms with van der Waals surface area (Å²) < 4.78 is 12.6. The van der Waals surface area contributed by atoms with Gasteiger partial charge in [-0.1, -0.05) is 52.2 Å². The first kappa shape index (κ1) is 55.4. The van der Waals surface area contributed by atoms with Gasteiger partial charge in [0.25, 0.3) is 22.9 Å². The number of nitrogens with zero attached hydrogens (tertiary/aromatic N) is 3. The average Bonchev–Trinajstić information content (AvgIpc) is 3.85. The Labute approximate surface area is 384 Å². The molecule has 0 aliphatic carbocycles. The van der Waals surface area contributed by atoms with Gasteiger partial charge < -0.3 is 56.8 Å². The number of aliphatic hydroxyl groups is 3. The molecule has 1 aromatic carbocycles. The maximum absolute atomic E-state index is 13.1. The smallest absolute Gasteiger partial charge is 0.262 e. The van der Waals surface area contributed by atoms with Crippen molar-refractivity contribution >= 4 is 63.8 Å². The van der Waals surface area contributed by atoms with Gasteiger partial charge in [-0.15, -0.1) is 23.2 Å². The number of fused-ring (bicyclic) bond motifs is 1. The number of aromatic nitrogens is 5. The van der Waals surface area contributed by atoms with Crippen molar-refractivity contribution in [2.75, 3.05) is 62.0 Å². The molecule has 21 heteroatoms. The number of hydrogen-bond donors (Lipinski definition) is 10. The van der Waals surface area contributed by atoms with Crippen LogP contribution in [0.2, 0.25) is 0 Å². The van der Waals surface area contributed by atoms with Crippen molar-refractivity contribution < 1.29 is 34.4 Å². The number of aliphatic hydroxyl groups excluding tert-OH is 3. The minimum absolute atomic E-state index is 0.00983. The van der Waals surface area contributed by atoms with Crippen molar-refractivity contribution in [1.29, 1.82) is 0 Å². The SMILES string of the molecule is CC(C)(CO)OCCNC(=O)c1ccc(CNC(=O)c2cn(C3CC(O)C(CO)O3)c3nc(N)[nH]c(=O)c23)cc1.CC(C)CCCCCCl.CCCCl.CNc1nc(N)[nH]c(=O)c1C. The molecule has 0 saturated carbocycles. The second kappa shape index (κ2) is 28.2. The highest BCUT2D eigenvalue weighted by Crippen LogP contribution is 2.32. The number of carbonyl (C=O) groups is 2. The number of nitrogens with two attached hydrogens (primary N) is 2. The van der Waals surface area contributed by atoms with Crippen molar-refractivity contribution in [1.82, 2.24) is 35.1 Å². The highest BCUT2D eigenvalue weighted by Gasteiger charge is 2.36. The van der Waals surface area contributed by atoms with Crippen LogP contribution in [0, 0.1) is 12.8 Å². The highest BCUT2D eigenvalue weighted by atomic mass is 35.5. The average molecular weight is 940 g/mol. The quantitative estimate of drug-likeness (QED) is 0.0495. The normalized spacial score (nSPS) is 15.6. The van der Waals surface area contributed by atoms with Gasteiger partial charge in [-0.25, -0.2) is 0 Å². The summed E-state index contributed by atoms with van der Waals surface area (Å²) in [6.07, 6.45) is 5.32. The fourth-order valence-corrected chi connectivity index (χ4v) is 6.11. The Hall–Kier alpha value is -4.76.